The Bertz CT molecular complexity index is 561. The topological polar surface area (TPSA) is 66.6 Å². The summed E-state index contributed by atoms with van der Waals surface area (Å²) >= 11 is 0. The molecule has 23 heavy (non-hydrogen) atoms. The van der Waals surface area contributed by atoms with Crippen LogP contribution >= 0.6 is 0 Å². The monoisotopic (exact) mass is 321 g/mol. The van der Waals surface area contributed by atoms with Gasteiger partial charge in [0.05, 0.1) is 5.92 Å². The third kappa shape index (κ3) is 4.07. The highest BCUT2D eigenvalue weighted by Crippen LogP contribution is 2.21. The molecule has 2 unspecified atom stereocenters. The number of amides is 2. The molecule has 2 amide bonds. The fraction of sp³-hybridized carbons (Fsp3) is 0.529. The van der Waals surface area contributed by atoms with Gasteiger partial charge in [-0.2, -0.15) is 0 Å². The average Bonchev–Trinajstić information content (AvgIpc) is 2.59. The Labute approximate surface area is 136 Å². The van der Waals surface area contributed by atoms with Crippen LogP contribution in [0.3, 0.4) is 0 Å². The van der Waals surface area contributed by atoms with Crippen LogP contribution in [0.2, 0.25) is 0 Å². The number of carbonyl (C=O) groups excluding carboxylic acids is 2. The first-order valence-electron chi connectivity index (χ1n) is 7.95. The Hall–Kier alpha value is -1.95. The quantitative estimate of drug-likeness (QED) is 0.913. The number of hydrogen-bond donors (Lipinski definition) is 1. The second-order valence-corrected chi connectivity index (χ2v) is 6.13. The van der Waals surface area contributed by atoms with Crippen molar-refractivity contribution in [3.63, 3.8) is 0 Å². The molecule has 0 radical (unpaired) electrons. The van der Waals surface area contributed by atoms with Crippen molar-refractivity contribution in [2.45, 2.75) is 25.8 Å². The molecule has 1 aliphatic heterocycles. The number of benzene rings is 1. The summed E-state index contributed by atoms with van der Waals surface area (Å²) < 4.78 is 13.0. The molecular weight excluding hydrogens is 297 g/mol. The molecule has 0 aliphatic carbocycles. The Morgan fingerprint density at radius 1 is 1.39 bits per heavy atom. The minimum absolute atomic E-state index is 0.0225. The van der Waals surface area contributed by atoms with Crippen LogP contribution in [0.1, 0.15) is 30.1 Å². The zero-order chi connectivity index (χ0) is 17.0. The van der Waals surface area contributed by atoms with E-state index < -0.39 is 0 Å². The lowest BCUT2D eigenvalue weighted by molar-refractivity contribution is -0.137. The fourth-order valence-electron chi connectivity index (χ4n) is 2.80. The molecule has 1 aliphatic rings. The van der Waals surface area contributed by atoms with Gasteiger partial charge < -0.3 is 15.5 Å². The minimum Gasteiger partial charge on any atom is -0.341 e. The number of likely N-dealkylation sites (N-methyl/N-ethyl adjacent to an activating group) is 1. The number of halogens is 1. The summed E-state index contributed by atoms with van der Waals surface area (Å²) in [6.07, 6.45) is 1.56. The van der Waals surface area contributed by atoms with Crippen molar-refractivity contribution < 1.29 is 14.0 Å². The molecule has 1 fully saturated rings. The summed E-state index contributed by atoms with van der Waals surface area (Å²) in [5.41, 5.74) is 6.06. The van der Waals surface area contributed by atoms with E-state index >= 15 is 0 Å². The Kier molecular flexibility index (Phi) is 5.71. The van der Waals surface area contributed by atoms with Crippen molar-refractivity contribution in [3.8, 4) is 0 Å². The summed E-state index contributed by atoms with van der Waals surface area (Å²) in [6.45, 7) is 3.34. The fourth-order valence-corrected chi connectivity index (χ4v) is 2.80. The molecule has 2 atom stereocenters. The summed E-state index contributed by atoms with van der Waals surface area (Å²) in [5.74, 6) is -0.700. The maximum atomic E-state index is 13.0. The molecule has 0 spiro atoms. The van der Waals surface area contributed by atoms with Crippen molar-refractivity contribution in [2.75, 3.05) is 26.7 Å². The van der Waals surface area contributed by atoms with Crippen LogP contribution < -0.4 is 5.73 Å². The molecule has 2 N–H and O–H groups in total. The predicted octanol–water partition coefficient (Wildman–Crippen LogP) is 1.48. The van der Waals surface area contributed by atoms with E-state index in [4.69, 9.17) is 5.73 Å². The summed E-state index contributed by atoms with van der Waals surface area (Å²) in [5, 5.41) is 0. The van der Waals surface area contributed by atoms with Gasteiger partial charge in [-0.05, 0) is 44.0 Å². The molecule has 126 valence electrons. The van der Waals surface area contributed by atoms with Gasteiger partial charge in [-0.1, -0.05) is 0 Å². The molecule has 5 nitrogen and oxygen atoms in total. The number of rotatable bonds is 4. The lowest BCUT2D eigenvalue weighted by atomic mass is 9.95. The number of piperidine rings is 1. The van der Waals surface area contributed by atoms with Gasteiger partial charge in [0.15, 0.2) is 0 Å². The third-order valence-electron chi connectivity index (χ3n) is 4.50. The van der Waals surface area contributed by atoms with Gasteiger partial charge in [-0.25, -0.2) is 4.39 Å². The van der Waals surface area contributed by atoms with Crippen LogP contribution in [0.25, 0.3) is 0 Å². The van der Waals surface area contributed by atoms with Crippen LogP contribution in [0.4, 0.5) is 4.39 Å². The molecule has 6 heteroatoms. The zero-order valence-corrected chi connectivity index (χ0v) is 13.7. The van der Waals surface area contributed by atoms with Crippen molar-refractivity contribution in [1.29, 1.82) is 0 Å². The maximum Gasteiger partial charge on any atom is 0.253 e. The Morgan fingerprint density at radius 2 is 2.04 bits per heavy atom. The lowest BCUT2D eigenvalue weighted by Crippen LogP contribution is -2.49. The van der Waals surface area contributed by atoms with Gasteiger partial charge in [-0.3, -0.25) is 9.59 Å². The summed E-state index contributed by atoms with van der Waals surface area (Å²) in [7, 11) is 1.75. The van der Waals surface area contributed by atoms with E-state index in [2.05, 4.69) is 0 Å². The first kappa shape index (κ1) is 17.4. The van der Waals surface area contributed by atoms with E-state index in [1.807, 2.05) is 6.92 Å². The largest absolute Gasteiger partial charge is 0.341 e. The van der Waals surface area contributed by atoms with Gasteiger partial charge in [-0.15, -0.1) is 0 Å². The second kappa shape index (κ2) is 7.55. The highest BCUT2D eigenvalue weighted by Gasteiger charge is 2.31. The number of nitrogens with zero attached hydrogens (tertiary/aromatic N) is 2. The van der Waals surface area contributed by atoms with Gasteiger partial charge >= 0.3 is 0 Å². The highest BCUT2D eigenvalue weighted by molar-refractivity contribution is 5.94. The Morgan fingerprint density at radius 3 is 2.65 bits per heavy atom. The molecule has 1 heterocycles. The zero-order valence-electron chi connectivity index (χ0n) is 13.7. The normalized spacial score (nSPS) is 19.3. The SMILES string of the molecule is CC(CN)N(C)C(=O)C1CCCN(C(=O)c2ccc(F)cc2)C1. The van der Waals surface area contributed by atoms with Crippen LogP contribution in [0.5, 0.6) is 0 Å². The molecule has 0 bridgehead atoms. The molecular formula is C17H24FN3O2. The van der Waals surface area contributed by atoms with Crippen molar-refractivity contribution >= 4 is 11.8 Å². The number of hydrogen-bond acceptors (Lipinski definition) is 3. The van der Waals surface area contributed by atoms with E-state index in [-0.39, 0.29) is 29.6 Å². The van der Waals surface area contributed by atoms with Crippen LogP contribution in [-0.4, -0.2) is 54.3 Å². The van der Waals surface area contributed by atoms with E-state index in [0.717, 1.165) is 12.8 Å². The summed E-state index contributed by atoms with van der Waals surface area (Å²) in [4.78, 5) is 28.4. The number of carbonyl (C=O) groups is 2. The average molecular weight is 321 g/mol. The van der Waals surface area contributed by atoms with Crippen LogP contribution in [0, 0.1) is 11.7 Å². The minimum atomic E-state index is -0.370. The molecule has 1 aromatic rings. The molecule has 1 aromatic carbocycles. The smallest absolute Gasteiger partial charge is 0.253 e. The van der Waals surface area contributed by atoms with Crippen molar-refractivity contribution in [1.82, 2.24) is 9.80 Å². The van der Waals surface area contributed by atoms with Gasteiger partial charge in [0.25, 0.3) is 5.91 Å². The van der Waals surface area contributed by atoms with Crippen LogP contribution in [0.15, 0.2) is 24.3 Å². The van der Waals surface area contributed by atoms with Gasteiger partial charge in [0.1, 0.15) is 5.82 Å². The predicted molar refractivity (Wildman–Crippen MR) is 86.3 cm³/mol. The lowest BCUT2D eigenvalue weighted by Gasteiger charge is -2.35. The van der Waals surface area contributed by atoms with Crippen molar-refractivity contribution in [3.05, 3.63) is 35.6 Å². The van der Waals surface area contributed by atoms with E-state index in [1.165, 1.54) is 24.3 Å². The Balaban J connectivity index is 2.04. The van der Waals surface area contributed by atoms with E-state index in [0.29, 0.717) is 25.2 Å². The number of nitrogens with two attached hydrogens (primary N) is 1. The molecule has 2 rings (SSSR count). The van der Waals surface area contributed by atoms with Crippen LogP contribution in [-0.2, 0) is 4.79 Å². The maximum absolute atomic E-state index is 13.0. The highest BCUT2D eigenvalue weighted by atomic mass is 19.1. The van der Waals surface area contributed by atoms with E-state index in [9.17, 15) is 14.0 Å². The first-order valence-corrected chi connectivity index (χ1v) is 7.95. The first-order chi connectivity index (χ1) is 10.9. The third-order valence-corrected chi connectivity index (χ3v) is 4.50. The van der Waals surface area contributed by atoms with Gasteiger partial charge in [0.2, 0.25) is 5.91 Å². The standard InChI is InChI=1S/C17H24FN3O2/c1-12(10-19)20(2)16(22)14-4-3-9-21(11-14)17(23)13-5-7-15(18)8-6-13/h5-8,12,14H,3-4,9-11,19H2,1-2H3. The summed E-state index contributed by atoms with van der Waals surface area (Å²) in [6, 6.07) is 5.48. The molecule has 0 saturated carbocycles. The van der Waals surface area contributed by atoms with E-state index in [1.54, 1.807) is 16.8 Å². The number of likely N-dealkylation sites (tertiary alicyclic amines) is 1. The second-order valence-electron chi connectivity index (χ2n) is 6.13. The van der Waals surface area contributed by atoms with Gasteiger partial charge in [0, 0.05) is 38.3 Å². The molecule has 0 aromatic heterocycles. The molecule has 1 saturated heterocycles. The van der Waals surface area contributed by atoms with Crippen molar-refractivity contribution in [2.24, 2.45) is 11.7 Å².